The zero-order chi connectivity index (χ0) is 15.5. The third kappa shape index (κ3) is 9.90. The van der Waals surface area contributed by atoms with Crippen molar-refractivity contribution in [2.45, 2.75) is 5.25 Å². The van der Waals surface area contributed by atoms with Gasteiger partial charge in [0.2, 0.25) is 10.2 Å². The molecule has 0 heterocycles. The molecule has 20 heavy (non-hydrogen) atoms. The summed E-state index contributed by atoms with van der Waals surface area (Å²) in [5, 5.41) is 7.05. The molecule has 1 atom stereocenters. The van der Waals surface area contributed by atoms with Crippen LogP contribution in [-0.2, 0) is 19.1 Å². The Balaban J connectivity index is 0.000000370. The first-order chi connectivity index (χ1) is 9.34. The lowest BCUT2D eigenvalue weighted by molar-refractivity contribution is -0.136. The number of carbonyl (C=O) groups is 3. The third-order valence-corrected chi connectivity index (χ3v) is 2.58. The smallest absolute Gasteiger partial charge is 0.320 e. The molecule has 0 aromatic heterocycles. The van der Waals surface area contributed by atoms with Crippen molar-refractivity contribution in [1.82, 2.24) is 0 Å². The van der Waals surface area contributed by atoms with Crippen molar-refractivity contribution >= 4 is 54.1 Å². The second-order valence-electron chi connectivity index (χ2n) is 3.43. The van der Waals surface area contributed by atoms with E-state index < -0.39 is 21.4 Å². The molecule has 1 unspecified atom stereocenters. The Hall–Kier alpha value is -0.960. The van der Waals surface area contributed by atoms with E-state index in [0.29, 0.717) is 5.56 Å². The monoisotopic (exact) mass is 334 g/mol. The van der Waals surface area contributed by atoms with E-state index in [1.54, 1.807) is 24.3 Å². The summed E-state index contributed by atoms with van der Waals surface area (Å²) in [4.78, 5) is 30.5. The third-order valence-electron chi connectivity index (χ3n) is 1.80. The number of hydrogen-bond donors (Lipinski definition) is 4. The number of carbonyl (C=O) groups excluding carboxylic acids is 2. The zero-order valence-corrected chi connectivity index (χ0v) is 13.0. The average Bonchev–Trinajstić information content (AvgIpc) is 2.38. The zero-order valence-electron chi connectivity index (χ0n) is 10.3. The van der Waals surface area contributed by atoms with Crippen LogP contribution in [-0.4, -0.2) is 34.5 Å². The van der Waals surface area contributed by atoms with Crippen LogP contribution in [0, 0.1) is 0 Å². The van der Waals surface area contributed by atoms with Crippen molar-refractivity contribution in [3.05, 3.63) is 35.9 Å². The van der Waals surface area contributed by atoms with Crippen LogP contribution in [0.25, 0.3) is 0 Å². The molecule has 0 saturated carbocycles. The summed E-state index contributed by atoms with van der Waals surface area (Å²) in [7, 11) is 0. The summed E-state index contributed by atoms with van der Waals surface area (Å²) in [6.45, 7) is -0.287. The molecule has 0 aliphatic heterocycles. The van der Waals surface area contributed by atoms with Gasteiger partial charge in [0.25, 0.3) is 0 Å². The quantitative estimate of drug-likeness (QED) is 0.595. The normalized spacial score (nSPS) is 10.9. The molecule has 0 amide bonds. The van der Waals surface area contributed by atoms with Gasteiger partial charge in [-0.05, 0) is 5.56 Å². The standard InChI is InChI=1S/C8H8O2S.C4H6O3S2/c9-8(10)7(11)6-4-2-1-3-5-6;5-3(8)1-7-2-4(6)9/h1-5,7,11H,(H,9,10);1-2H2,(H,5,8)(H,6,9). The van der Waals surface area contributed by atoms with Gasteiger partial charge in [0, 0.05) is 0 Å². The highest BCUT2D eigenvalue weighted by atomic mass is 32.1. The van der Waals surface area contributed by atoms with Gasteiger partial charge in [0.1, 0.15) is 18.5 Å². The average molecular weight is 334 g/mol. The maximum Gasteiger partial charge on any atom is 0.320 e. The van der Waals surface area contributed by atoms with Crippen molar-refractivity contribution in [3.63, 3.8) is 0 Å². The maximum atomic E-state index is 10.4. The van der Waals surface area contributed by atoms with Crippen LogP contribution in [0.1, 0.15) is 10.8 Å². The van der Waals surface area contributed by atoms with E-state index in [9.17, 15) is 14.4 Å². The summed E-state index contributed by atoms with van der Waals surface area (Å²) < 4.78 is 4.50. The van der Waals surface area contributed by atoms with Crippen LogP contribution in [0.2, 0.25) is 0 Å². The summed E-state index contributed by atoms with van der Waals surface area (Å²) >= 11 is 10.7. The summed E-state index contributed by atoms with van der Waals surface area (Å²) in [5.74, 6) is -0.917. The Labute approximate surface area is 132 Å². The van der Waals surface area contributed by atoms with E-state index in [-0.39, 0.29) is 13.2 Å². The van der Waals surface area contributed by atoms with Gasteiger partial charge in [-0.3, -0.25) is 14.4 Å². The van der Waals surface area contributed by atoms with E-state index in [4.69, 9.17) is 5.11 Å². The van der Waals surface area contributed by atoms with E-state index in [2.05, 4.69) is 42.6 Å². The molecule has 1 aromatic carbocycles. The SMILES string of the molecule is O=C(O)C(S)c1ccccc1.O=C(S)COCC(=O)S. The number of thiol groups is 3. The molecule has 0 aliphatic rings. The Morgan fingerprint density at radius 1 is 1.05 bits per heavy atom. The van der Waals surface area contributed by atoms with Crippen LogP contribution in [0.4, 0.5) is 0 Å². The minimum atomic E-state index is -0.917. The molecule has 0 radical (unpaired) electrons. The topological polar surface area (TPSA) is 80.7 Å². The fourth-order valence-electron chi connectivity index (χ4n) is 1.00. The highest BCUT2D eigenvalue weighted by Crippen LogP contribution is 2.18. The van der Waals surface area contributed by atoms with Crippen LogP contribution in [0.5, 0.6) is 0 Å². The fourth-order valence-corrected chi connectivity index (χ4v) is 1.36. The van der Waals surface area contributed by atoms with Gasteiger partial charge in [-0.15, -0.1) is 25.3 Å². The van der Waals surface area contributed by atoms with Gasteiger partial charge in [0.15, 0.2) is 0 Å². The number of carboxylic acids is 1. The van der Waals surface area contributed by atoms with Gasteiger partial charge in [-0.2, -0.15) is 12.6 Å². The van der Waals surface area contributed by atoms with Crippen molar-refractivity contribution in [2.24, 2.45) is 0 Å². The van der Waals surface area contributed by atoms with Crippen molar-refractivity contribution < 1.29 is 24.2 Å². The molecule has 0 bridgehead atoms. The summed E-state index contributed by atoms with van der Waals surface area (Å²) in [6.07, 6.45) is 0. The lowest BCUT2D eigenvalue weighted by Gasteiger charge is -2.03. The van der Waals surface area contributed by atoms with Crippen molar-refractivity contribution in [1.29, 1.82) is 0 Å². The predicted molar refractivity (Wildman–Crippen MR) is 84.6 cm³/mol. The first-order valence-corrected chi connectivity index (χ1v) is 6.72. The van der Waals surface area contributed by atoms with E-state index >= 15 is 0 Å². The van der Waals surface area contributed by atoms with Crippen LogP contribution in [0.15, 0.2) is 30.3 Å². The van der Waals surface area contributed by atoms with Gasteiger partial charge in [0.05, 0.1) is 0 Å². The van der Waals surface area contributed by atoms with Crippen molar-refractivity contribution in [3.8, 4) is 0 Å². The Bertz CT molecular complexity index is 436. The minimum Gasteiger partial charge on any atom is -0.480 e. The second kappa shape index (κ2) is 10.8. The van der Waals surface area contributed by atoms with Gasteiger partial charge >= 0.3 is 5.97 Å². The van der Waals surface area contributed by atoms with Gasteiger partial charge in [-0.25, -0.2) is 0 Å². The molecular weight excluding hydrogens is 320 g/mol. The van der Waals surface area contributed by atoms with Gasteiger partial charge < -0.3 is 9.84 Å². The second-order valence-corrected chi connectivity index (χ2v) is 4.95. The largest absolute Gasteiger partial charge is 0.480 e. The molecule has 110 valence electrons. The lowest BCUT2D eigenvalue weighted by Crippen LogP contribution is -2.07. The molecule has 0 aliphatic carbocycles. The van der Waals surface area contributed by atoms with E-state index in [0.717, 1.165) is 0 Å². The van der Waals surface area contributed by atoms with E-state index in [1.165, 1.54) is 0 Å². The molecule has 0 spiro atoms. The fraction of sp³-hybridized carbons (Fsp3) is 0.250. The van der Waals surface area contributed by atoms with Crippen molar-refractivity contribution in [2.75, 3.05) is 13.2 Å². The minimum absolute atomic E-state index is 0.143. The highest BCUT2D eigenvalue weighted by Gasteiger charge is 2.12. The number of rotatable bonds is 6. The molecule has 8 heteroatoms. The first-order valence-electron chi connectivity index (χ1n) is 5.31. The summed E-state index contributed by atoms with van der Waals surface area (Å²) in [5.41, 5.74) is 0.711. The highest BCUT2D eigenvalue weighted by molar-refractivity contribution is 7.97. The molecule has 1 N–H and O–H groups in total. The Morgan fingerprint density at radius 2 is 1.50 bits per heavy atom. The lowest BCUT2D eigenvalue weighted by atomic mass is 10.1. The number of carboxylic acid groups (broad SMARTS) is 1. The first kappa shape index (κ1) is 19.0. The van der Waals surface area contributed by atoms with E-state index in [1.807, 2.05) is 6.07 Å². The predicted octanol–water partition coefficient (Wildman–Crippen LogP) is 1.66. The molecular formula is C12H14O5S3. The van der Waals surface area contributed by atoms with Gasteiger partial charge in [-0.1, -0.05) is 30.3 Å². The summed E-state index contributed by atoms with van der Waals surface area (Å²) in [6, 6.07) is 8.91. The molecule has 1 rings (SSSR count). The maximum absolute atomic E-state index is 10.4. The number of aliphatic carboxylic acids is 1. The molecule has 0 saturated heterocycles. The van der Waals surface area contributed by atoms with Crippen LogP contribution in [0.3, 0.4) is 0 Å². The molecule has 0 fully saturated rings. The number of hydrogen-bond acceptors (Lipinski definition) is 5. The molecule has 5 nitrogen and oxygen atoms in total. The van der Waals surface area contributed by atoms with Crippen LogP contribution >= 0.6 is 37.9 Å². The number of ether oxygens (including phenoxy) is 1. The molecule has 1 aromatic rings. The van der Waals surface area contributed by atoms with Crippen LogP contribution < -0.4 is 0 Å². The number of benzene rings is 1. The Kier molecular flexibility index (Phi) is 10.3. The Morgan fingerprint density at radius 3 is 1.85 bits per heavy atom.